The van der Waals surface area contributed by atoms with Crippen molar-refractivity contribution in [3.05, 3.63) is 134 Å². The second-order valence-electron chi connectivity index (χ2n) is 12.0. The van der Waals surface area contributed by atoms with E-state index in [2.05, 4.69) is 175 Å². The molecule has 3 aliphatic rings. The Kier molecular flexibility index (Phi) is 3.87. The Hall–Kier alpha value is -5.36. The third-order valence-electron chi connectivity index (χ3n) is 9.64. The molecule has 0 saturated carbocycles. The maximum absolute atomic E-state index is 2.54. The van der Waals surface area contributed by atoms with Crippen molar-refractivity contribution in [2.45, 2.75) is 25.4 Å². The zero-order chi connectivity index (χ0) is 27.8. The van der Waals surface area contributed by atoms with Crippen LogP contribution in [-0.2, 0) is 11.6 Å². The minimum Gasteiger partial charge on any atom is -0.129 e. The van der Waals surface area contributed by atoms with Gasteiger partial charge in [0.2, 0.25) is 17.2 Å². The fourth-order valence-corrected chi connectivity index (χ4v) is 7.94. The molecule has 0 N–H and O–H groups in total. The van der Waals surface area contributed by atoms with Gasteiger partial charge in [0.25, 0.3) is 23.3 Å². The first-order chi connectivity index (χ1) is 20.6. The van der Waals surface area contributed by atoms with Gasteiger partial charge in [-0.1, -0.05) is 24.3 Å². The molecule has 6 heteroatoms. The molecular formula is C36H28N6+6. The van der Waals surface area contributed by atoms with E-state index in [0.29, 0.717) is 0 Å². The molecule has 196 valence electrons. The number of para-hydroxylation sites is 2. The fourth-order valence-electron chi connectivity index (χ4n) is 7.94. The number of rotatable bonds is 0. The van der Waals surface area contributed by atoms with Crippen molar-refractivity contribution in [3.8, 4) is 34.2 Å². The Balaban J connectivity index is 1.48. The molecule has 0 bridgehead atoms. The van der Waals surface area contributed by atoms with Crippen LogP contribution in [0.2, 0.25) is 0 Å². The van der Waals surface area contributed by atoms with Crippen LogP contribution < -0.4 is 27.4 Å². The van der Waals surface area contributed by atoms with Crippen LogP contribution in [0.15, 0.2) is 134 Å². The smallest absolute Gasteiger partial charge is 0.129 e. The Morgan fingerprint density at radius 2 is 0.905 bits per heavy atom. The lowest BCUT2D eigenvalue weighted by molar-refractivity contribution is -1.28. The molecule has 10 rings (SSSR count). The first kappa shape index (κ1) is 22.3. The quantitative estimate of drug-likeness (QED) is 0.262. The molecule has 0 fully saturated rings. The number of hydrogen-bond donors (Lipinski definition) is 0. The predicted octanol–water partition coefficient (Wildman–Crippen LogP) is 3.11. The first-order valence-electron chi connectivity index (χ1n) is 14.6. The molecule has 0 radical (unpaired) electrons. The number of benzene rings is 2. The van der Waals surface area contributed by atoms with E-state index >= 15 is 0 Å². The second-order valence-corrected chi connectivity index (χ2v) is 12.0. The van der Waals surface area contributed by atoms with Gasteiger partial charge in [0.1, 0.15) is 0 Å². The van der Waals surface area contributed by atoms with Crippen molar-refractivity contribution in [3.63, 3.8) is 0 Å². The van der Waals surface area contributed by atoms with E-state index in [1.54, 1.807) is 0 Å². The van der Waals surface area contributed by atoms with E-state index in [4.69, 9.17) is 0 Å². The van der Waals surface area contributed by atoms with Crippen LogP contribution in [0.25, 0.3) is 56.0 Å². The first-order valence-corrected chi connectivity index (χ1v) is 14.6. The minimum atomic E-state index is -0.764. The van der Waals surface area contributed by atoms with E-state index in [-0.39, 0.29) is 5.66 Å². The largest absolute Gasteiger partial charge is 0.771 e. The number of fused-ring (bicyclic) bond motifs is 18. The lowest BCUT2D eigenvalue weighted by Gasteiger charge is -2.09. The average molecular weight is 545 g/mol. The minimum absolute atomic E-state index is 0.248. The summed E-state index contributed by atoms with van der Waals surface area (Å²) in [5, 5.41) is 2.42. The van der Waals surface area contributed by atoms with Crippen molar-refractivity contribution >= 4 is 21.8 Å². The fraction of sp³-hybridized carbons (Fsp3) is 0.111. The van der Waals surface area contributed by atoms with E-state index in [1.807, 2.05) is 0 Å². The van der Waals surface area contributed by atoms with Crippen molar-refractivity contribution in [2.75, 3.05) is 0 Å². The molecule has 0 aliphatic carbocycles. The van der Waals surface area contributed by atoms with Crippen LogP contribution in [-0.4, -0.2) is 0 Å². The van der Waals surface area contributed by atoms with Gasteiger partial charge in [-0.25, -0.2) is 0 Å². The van der Waals surface area contributed by atoms with Crippen LogP contribution in [0.3, 0.4) is 0 Å². The van der Waals surface area contributed by atoms with Gasteiger partial charge in [-0.3, -0.25) is 0 Å². The molecule has 1 spiro atoms. The number of hydrogen-bond acceptors (Lipinski definition) is 0. The summed E-state index contributed by atoms with van der Waals surface area (Å²) in [6.07, 6.45) is 9.02. The monoisotopic (exact) mass is 544 g/mol. The van der Waals surface area contributed by atoms with Crippen LogP contribution in [0.1, 0.15) is 13.8 Å². The normalized spacial score (nSPS) is 15.8. The Morgan fingerprint density at radius 3 is 1.55 bits per heavy atom. The number of aromatic nitrogens is 6. The molecule has 42 heavy (non-hydrogen) atoms. The zero-order valence-electron chi connectivity index (χ0n) is 23.4. The summed E-state index contributed by atoms with van der Waals surface area (Å²) in [5.74, 6) is -0.764. The third kappa shape index (κ3) is 2.33. The molecule has 2 aromatic carbocycles. The molecule has 7 aromatic rings. The second kappa shape index (κ2) is 7.28. The van der Waals surface area contributed by atoms with Gasteiger partial charge in [0.15, 0.2) is 12.4 Å². The van der Waals surface area contributed by atoms with Gasteiger partial charge >= 0.3 is 28.7 Å². The summed E-state index contributed by atoms with van der Waals surface area (Å²) in [7, 11) is 0. The van der Waals surface area contributed by atoms with Gasteiger partial charge < -0.3 is 0 Å². The highest BCUT2D eigenvalue weighted by molar-refractivity contribution is 5.80. The van der Waals surface area contributed by atoms with E-state index in [9.17, 15) is 0 Å². The van der Waals surface area contributed by atoms with Gasteiger partial charge in [-0.2, -0.15) is 0 Å². The predicted molar refractivity (Wildman–Crippen MR) is 154 cm³/mol. The van der Waals surface area contributed by atoms with Crippen molar-refractivity contribution in [1.82, 2.24) is 0 Å². The van der Waals surface area contributed by atoms with Crippen LogP contribution in [0.5, 0.6) is 0 Å². The Morgan fingerprint density at radius 1 is 0.405 bits per heavy atom. The molecule has 8 heterocycles. The standard InChI is InChI=1S/C36H28N6/c1-35(2)37-21-9-7-15-31(37)33-34-32-16-8-10-22-38(32)36(40(34)24-23-39(33)35)41-27-13-5-3-11-25(27)17-19-29(41)30-20-18-26-12-4-6-14-28(26)42(30)36/h3-24H,1-2H3/q+6. The molecule has 3 aliphatic heterocycles. The van der Waals surface area contributed by atoms with E-state index in [0.717, 1.165) is 0 Å². The molecule has 5 aromatic heterocycles. The highest BCUT2D eigenvalue weighted by atomic mass is 15.6. The van der Waals surface area contributed by atoms with E-state index < -0.39 is 5.91 Å². The SMILES string of the molecule is CC1(C)[n+]2ccccc2-c2c3[n+](cc[n+]21)C1([n+]2ccccc2-3)[n+]2c(ccc3ccccc32)-c2ccc3ccccc3[n+]21. The number of nitrogens with zero attached hydrogens (tertiary/aromatic N) is 6. The zero-order valence-corrected chi connectivity index (χ0v) is 23.4. The highest BCUT2D eigenvalue weighted by Crippen LogP contribution is 2.36. The van der Waals surface area contributed by atoms with E-state index in [1.165, 1.54) is 56.0 Å². The van der Waals surface area contributed by atoms with Gasteiger partial charge in [0, 0.05) is 77.6 Å². The summed E-state index contributed by atoms with van der Waals surface area (Å²) in [4.78, 5) is 0. The summed E-state index contributed by atoms with van der Waals surface area (Å²) in [6.45, 7) is 4.58. The maximum Gasteiger partial charge on any atom is 0.771 e. The Bertz CT molecular complexity index is 2270. The van der Waals surface area contributed by atoms with Crippen LogP contribution >= 0.6 is 0 Å². The molecule has 0 unspecified atom stereocenters. The average Bonchev–Trinajstić information content (AvgIpc) is 3.60. The molecular weight excluding hydrogens is 516 g/mol. The Labute approximate surface area is 242 Å². The third-order valence-corrected chi connectivity index (χ3v) is 9.64. The molecule has 0 atom stereocenters. The van der Waals surface area contributed by atoms with Crippen LogP contribution in [0.4, 0.5) is 0 Å². The summed E-state index contributed by atoms with van der Waals surface area (Å²) < 4.78 is 14.9. The van der Waals surface area contributed by atoms with Gasteiger partial charge in [-0.15, -0.1) is 9.13 Å². The van der Waals surface area contributed by atoms with Gasteiger partial charge in [0.05, 0.1) is 13.8 Å². The molecule has 6 nitrogen and oxygen atoms in total. The summed E-state index contributed by atoms with van der Waals surface area (Å²) >= 11 is 0. The van der Waals surface area contributed by atoms with Gasteiger partial charge in [-0.05, 0) is 36.4 Å². The maximum atomic E-state index is 2.54. The van der Waals surface area contributed by atoms with Crippen LogP contribution in [0, 0.1) is 0 Å². The number of pyridine rings is 4. The topological polar surface area (TPSA) is 23.3 Å². The molecule has 0 saturated heterocycles. The summed E-state index contributed by atoms with van der Waals surface area (Å²) in [6, 6.07) is 39.7. The summed E-state index contributed by atoms with van der Waals surface area (Å²) in [5.41, 5.74) is 9.30. The van der Waals surface area contributed by atoms with Crippen molar-refractivity contribution in [2.24, 2.45) is 0 Å². The lowest BCUT2D eigenvalue weighted by atomic mass is 10.1. The van der Waals surface area contributed by atoms with Crippen molar-refractivity contribution < 1.29 is 27.4 Å². The lowest BCUT2D eigenvalue weighted by Crippen LogP contribution is -2.94. The van der Waals surface area contributed by atoms with Crippen molar-refractivity contribution in [1.29, 1.82) is 0 Å². The molecule has 0 amide bonds. The highest BCUT2D eigenvalue weighted by Gasteiger charge is 2.85.